The van der Waals surface area contributed by atoms with Crippen molar-refractivity contribution in [2.24, 2.45) is 0 Å². The van der Waals surface area contributed by atoms with Crippen LogP contribution in [0, 0.1) is 0 Å². The number of amides is 1. The summed E-state index contributed by atoms with van der Waals surface area (Å²) in [4.78, 5) is 28.7. The van der Waals surface area contributed by atoms with Crippen LogP contribution in [0.15, 0.2) is 46.9 Å². The zero-order chi connectivity index (χ0) is 20.1. The van der Waals surface area contributed by atoms with Crippen LogP contribution in [0.3, 0.4) is 0 Å². The summed E-state index contributed by atoms with van der Waals surface area (Å²) < 4.78 is 15.9. The molecule has 1 atom stereocenters. The SMILES string of the molecule is COc1ccc(Cl)cc1NC(=O)[C@@H](C)OC(=O)CCc1nc2ccccc2o1. The lowest BCUT2D eigenvalue weighted by atomic mass is 10.2. The Hall–Kier alpha value is -3.06. The second-order valence-electron chi connectivity index (χ2n) is 6.04. The zero-order valence-electron chi connectivity index (χ0n) is 15.4. The lowest BCUT2D eigenvalue weighted by Gasteiger charge is -2.15. The molecule has 1 N–H and O–H groups in total. The number of nitrogens with zero attached hydrogens (tertiary/aromatic N) is 1. The number of aryl methyl sites for hydroxylation is 1. The molecule has 1 aromatic heterocycles. The molecule has 0 unspecified atom stereocenters. The number of oxazole rings is 1. The molecular weight excluding hydrogens is 384 g/mol. The molecule has 7 nitrogen and oxygen atoms in total. The van der Waals surface area contributed by atoms with Gasteiger partial charge in [0.2, 0.25) is 0 Å². The van der Waals surface area contributed by atoms with Crippen LogP contribution in [0.2, 0.25) is 5.02 Å². The fraction of sp³-hybridized carbons (Fsp3) is 0.250. The van der Waals surface area contributed by atoms with Crippen LogP contribution in [0.4, 0.5) is 5.69 Å². The predicted molar refractivity (Wildman–Crippen MR) is 105 cm³/mol. The van der Waals surface area contributed by atoms with E-state index in [1.54, 1.807) is 24.3 Å². The number of ether oxygens (including phenoxy) is 2. The van der Waals surface area contributed by atoms with E-state index in [9.17, 15) is 9.59 Å². The largest absolute Gasteiger partial charge is 0.495 e. The number of methoxy groups -OCH3 is 1. The van der Waals surface area contributed by atoms with Gasteiger partial charge < -0.3 is 19.2 Å². The summed E-state index contributed by atoms with van der Waals surface area (Å²) in [7, 11) is 1.48. The first-order valence-electron chi connectivity index (χ1n) is 8.64. The fourth-order valence-electron chi connectivity index (χ4n) is 2.56. The Morgan fingerprint density at radius 2 is 2.04 bits per heavy atom. The van der Waals surface area contributed by atoms with E-state index in [-0.39, 0.29) is 12.8 Å². The van der Waals surface area contributed by atoms with Crippen molar-refractivity contribution in [3.8, 4) is 5.75 Å². The van der Waals surface area contributed by atoms with Crippen LogP contribution >= 0.6 is 11.6 Å². The monoisotopic (exact) mass is 402 g/mol. The highest BCUT2D eigenvalue weighted by Crippen LogP contribution is 2.27. The van der Waals surface area contributed by atoms with Gasteiger partial charge in [-0.15, -0.1) is 0 Å². The summed E-state index contributed by atoms with van der Waals surface area (Å²) >= 11 is 5.94. The average Bonchev–Trinajstić information content (AvgIpc) is 3.09. The third-order valence-electron chi connectivity index (χ3n) is 3.98. The van der Waals surface area contributed by atoms with E-state index >= 15 is 0 Å². The minimum Gasteiger partial charge on any atom is -0.495 e. The van der Waals surface area contributed by atoms with Crippen molar-refractivity contribution < 1.29 is 23.5 Å². The summed E-state index contributed by atoms with van der Waals surface area (Å²) in [5.41, 5.74) is 1.79. The molecule has 0 saturated heterocycles. The van der Waals surface area contributed by atoms with Crippen molar-refractivity contribution in [3.05, 3.63) is 53.4 Å². The normalized spacial score (nSPS) is 11.8. The van der Waals surface area contributed by atoms with Gasteiger partial charge in [-0.1, -0.05) is 23.7 Å². The number of hydrogen-bond donors (Lipinski definition) is 1. The number of esters is 1. The molecular formula is C20H19ClN2O5. The topological polar surface area (TPSA) is 90.7 Å². The number of hydrogen-bond acceptors (Lipinski definition) is 6. The first-order valence-corrected chi connectivity index (χ1v) is 9.02. The number of nitrogens with one attached hydrogen (secondary N) is 1. The Morgan fingerprint density at radius 3 is 2.79 bits per heavy atom. The van der Waals surface area contributed by atoms with Crippen LogP contribution in [-0.2, 0) is 20.7 Å². The molecule has 3 rings (SSSR count). The van der Waals surface area contributed by atoms with Gasteiger partial charge in [0.05, 0.1) is 19.2 Å². The number of anilines is 1. The van der Waals surface area contributed by atoms with Crippen molar-refractivity contribution in [2.75, 3.05) is 12.4 Å². The zero-order valence-corrected chi connectivity index (χ0v) is 16.2. The number of fused-ring (bicyclic) bond motifs is 1. The van der Waals surface area contributed by atoms with Crippen LogP contribution in [0.5, 0.6) is 5.75 Å². The molecule has 2 aromatic carbocycles. The van der Waals surface area contributed by atoms with Gasteiger partial charge >= 0.3 is 5.97 Å². The molecule has 1 amide bonds. The molecule has 0 spiro atoms. The van der Waals surface area contributed by atoms with Crippen molar-refractivity contribution >= 4 is 40.3 Å². The van der Waals surface area contributed by atoms with E-state index in [2.05, 4.69) is 10.3 Å². The Balaban J connectivity index is 1.53. The summed E-state index contributed by atoms with van der Waals surface area (Å²) in [5, 5.41) is 3.09. The number of rotatable bonds is 7. The number of aromatic nitrogens is 1. The maximum absolute atomic E-state index is 12.3. The first-order chi connectivity index (χ1) is 13.5. The average molecular weight is 403 g/mol. The van der Waals surface area contributed by atoms with E-state index in [1.165, 1.54) is 14.0 Å². The summed E-state index contributed by atoms with van der Waals surface area (Å²) in [6.07, 6.45) is -0.658. The Kier molecular flexibility index (Phi) is 6.16. The summed E-state index contributed by atoms with van der Waals surface area (Å²) in [5.74, 6) is -0.120. The molecule has 0 radical (unpaired) electrons. The number of carbonyl (C=O) groups excluding carboxylic acids is 2. The number of carbonyl (C=O) groups is 2. The van der Waals surface area contributed by atoms with Gasteiger partial charge in [-0.05, 0) is 37.3 Å². The summed E-state index contributed by atoms with van der Waals surface area (Å²) in [6, 6.07) is 12.2. The second kappa shape index (κ2) is 8.75. The minimum absolute atomic E-state index is 0.0466. The molecule has 0 saturated carbocycles. The lowest BCUT2D eigenvalue weighted by molar-refractivity contribution is -0.153. The molecule has 8 heteroatoms. The van der Waals surface area contributed by atoms with Crippen LogP contribution in [0.25, 0.3) is 11.1 Å². The Labute approximate surface area is 166 Å². The van der Waals surface area contributed by atoms with Gasteiger partial charge in [0.15, 0.2) is 17.6 Å². The van der Waals surface area contributed by atoms with Gasteiger partial charge in [-0.25, -0.2) is 4.98 Å². The quantitative estimate of drug-likeness (QED) is 0.601. The third kappa shape index (κ3) is 4.80. The first kappa shape index (κ1) is 19.7. The maximum atomic E-state index is 12.3. The van der Waals surface area contributed by atoms with E-state index in [0.717, 1.165) is 5.52 Å². The van der Waals surface area contributed by atoms with Gasteiger partial charge in [0.25, 0.3) is 5.91 Å². The van der Waals surface area contributed by atoms with Crippen molar-refractivity contribution in [2.45, 2.75) is 25.9 Å². The molecule has 0 fully saturated rings. The van der Waals surface area contributed by atoms with Crippen LogP contribution in [-0.4, -0.2) is 30.1 Å². The molecule has 28 heavy (non-hydrogen) atoms. The standard InChI is InChI=1S/C20H19ClN2O5/c1-12(20(25)23-15-11-13(21)7-8-16(15)26-2)27-19(24)10-9-18-22-14-5-3-4-6-17(14)28-18/h3-8,11-12H,9-10H2,1-2H3,(H,23,25)/t12-/m1/s1. The summed E-state index contributed by atoms with van der Waals surface area (Å²) in [6.45, 7) is 1.49. The number of para-hydroxylation sites is 2. The lowest BCUT2D eigenvalue weighted by Crippen LogP contribution is -2.30. The molecule has 1 heterocycles. The highest BCUT2D eigenvalue weighted by molar-refractivity contribution is 6.31. The van der Waals surface area contributed by atoms with Gasteiger partial charge in [0.1, 0.15) is 11.3 Å². The number of benzene rings is 2. The molecule has 0 bridgehead atoms. The van der Waals surface area contributed by atoms with Gasteiger partial charge in [-0.3, -0.25) is 9.59 Å². The van der Waals surface area contributed by atoms with E-state index in [4.69, 9.17) is 25.5 Å². The van der Waals surface area contributed by atoms with Gasteiger partial charge in [0, 0.05) is 11.4 Å². The van der Waals surface area contributed by atoms with E-state index < -0.39 is 18.0 Å². The van der Waals surface area contributed by atoms with E-state index in [1.807, 2.05) is 18.2 Å². The van der Waals surface area contributed by atoms with Crippen molar-refractivity contribution in [1.29, 1.82) is 0 Å². The fourth-order valence-corrected chi connectivity index (χ4v) is 2.73. The Bertz CT molecular complexity index is 968. The van der Waals surface area contributed by atoms with Crippen LogP contribution < -0.4 is 10.1 Å². The second-order valence-corrected chi connectivity index (χ2v) is 6.48. The minimum atomic E-state index is -0.986. The van der Waals surface area contributed by atoms with Gasteiger partial charge in [-0.2, -0.15) is 0 Å². The molecule has 146 valence electrons. The highest BCUT2D eigenvalue weighted by Gasteiger charge is 2.20. The maximum Gasteiger partial charge on any atom is 0.307 e. The highest BCUT2D eigenvalue weighted by atomic mass is 35.5. The predicted octanol–water partition coefficient (Wildman–Crippen LogP) is 3.99. The molecule has 0 aliphatic heterocycles. The smallest absolute Gasteiger partial charge is 0.307 e. The van der Waals surface area contributed by atoms with E-state index in [0.29, 0.717) is 27.9 Å². The molecule has 0 aliphatic rings. The molecule has 3 aromatic rings. The van der Waals surface area contributed by atoms with Crippen molar-refractivity contribution in [3.63, 3.8) is 0 Å². The molecule has 0 aliphatic carbocycles. The van der Waals surface area contributed by atoms with Crippen molar-refractivity contribution in [1.82, 2.24) is 4.98 Å². The van der Waals surface area contributed by atoms with Crippen LogP contribution in [0.1, 0.15) is 19.2 Å². The third-order valence-corrected chi connectivity index (χ3v) is 4.21. The number of halogens is 1. The Morgan fingerprint density at radius 1 is 1.25 bits per heavy atom.